The molecule has 0 spiro atoms. The van der Waals surface area contributed by atoms with Gasteiger partial charge in [-0.15, -0.1) is 11.3 Å². The van der Waals surface area contributed by atoms with Gasteiger partial charge in [-0.3, -0.25) is 0 Å². The number of ether oxygens (including phenoxy) is 1. The van der Waals surface area contributed by atoms with Crippen LogP contribution in [0.25, 0.3) is 6.08 Å². The standard InChI is InChI=1S/C19H16N2O3S/c22-19(23)24-15-6-7-16-14(10-15)11-17(25-16)18(21-9-8-20-12-21)13-4-2-1-3-5-13/h1-5,8-12,18H,6-7H2,(H,22,23). The number of imidazole rings is 1. The second-order valence-electron chi connectivity index (χ2n) is 5.83. The Morgan fingerprint density at radius 1 is 1.28 bits per heavy atom. The second-order valence-corrected chi connectivity index (χ2v) is 7.00. The van der Waals surface area contributed by atoms with Crippen LogP contribution in [0.2, 0.25) is 0 Å². The van der Waals surface area contributed by atoms with Gasteiger partial charge in [-0.2, -0.15) is 0 Å². The molecule has 0 radical (unpaired) electrons. The molecular formula is C19H16N2O3S. The van der Waals surface area contributed by atoms with Crippen molar-refractivity contribution in [2.45, 2.75) is 18.9 Å². The highest BCUT2D eigenvalue weighted by atomic mass is 32.1. The van der Waals surface area contributed by atoms with Crippen molar-refractivity contribution in [2.24, 2.45) is 0 Å². The summed E-state index contributed by atoms with van der Waals surface area (Å²) < 4.78 is 6.93. The topological polar surface area (TPSA) is 64.3 Å². The quantitative estimate of drug-likeness (QED) is 0.699. The molecule has 4 rings (SSSR count). The Labute approximate surface area is 148 Å². The van der Waals surface area contributed by atoms with E-state index in [0.29, 0.717) is 12.2 Å². The molecule has 1 unspecified atom stereocenters. The molecule has 6 heteroatoms. The third-order valence-corrected chi connectivity index (χ3v) is 5.47. The van der Waals surface area contributed by atoms with Gasteiger partial charge in [0.2, 0.25) is 0 Å². The predicted molar refractivity (Wildman–Crippen MR) is 95.6 cm³/mol. The zero-order valence-electron chi connectivity index (χ0n) is 13.3. The number of hydrogen-bond acceptors (Lipinski definition) is 4. The molecule has 1 aliphatic carbocycles. The fourth-order valence-corrected chi connectivity index (χ4v) is 4.41. The number of allylic oxidation sites excluding steroid dienone is 1. The highest BCUT2D eigenvalue weighted by Gasteiger charge is 2.22. The van der Waals surface area contributed by atoms with Crippen LogP contribution in [0.1, 0.15) is 33.3 Å². The van der Waals surface area contributed by atoms with Crippen molar-refractivity contribution in [2.75, 3.05) is 0 Å². The van der Waals surface area contributed by atoms with Crippen LogP contribution in [-0.2, 0) is 11.2 Å². The molecule has 0 bridgehead atoms. The molecule has 2 aromatic heterocycles. The SMILES string of the molecule is O=C(O)OC1=Cc2cc(C(c3ccccc3)n3ccnc3)sc2CC1. The van der Waals surface area contributed by atoms with Gasteiger partial charge < -0.3 is 14.4 Å². The van der Waals surface area contributed by atoms with Gasteiger partial charge in [-0.25, -0.2) is 9.78 Å². The molecule has 0 amide bonds. The number of carbonyl (C=O) groups is 1. The summed E-state index contributed by atoms with van der Waals surface area (Å²) in [5.74, 6) is 0.503. The fraction of sp³-hybridized carbons (Fsp3) is 0.158. The van der Waals surface area contributed by atoms with Gasteiger partial charge in [0.25, 0.3) is 0 Å². The Bertz CT molecular complexity index is 914. The molecule has 2 heterocycles. The zero-order valence-corrected chi connectivity index (χ0v) is 14.1. The number of rotatable bonds is 4. The summed E-state index contributed by atoms with van der Waals surface area (Å²) in [7, 11) is 0. The van der Waals surface area contributed by atoms with E-state index in [9.17, 15) is 4.79 Å². The normalized spacial score (nSPS) is 14.5. The van der Waals surface area contributed by atoms with Crippen LogP contribution in [0, 0.1) is 0 Å². The first-order chi connectivity index (χ1) is 12.2. The van der Waals surface area contributed by atoms with E-state index in [2.05, 4.69) is 27.8 Å². The smallest absolute Gasteiger partial charge is 0.449 e. The van der Waals surface area contributed by atoms with Crippen LogP contribution in [0.3, 0.4) is 0 Å². The lowest BCUT2D eigenvalue weighted by atomic mass is 10.0. The first-order valence-electron chi connectivity index (χ1n) is 7.97. The maximum absolute atomic E-state index is 10.8. The Hall–Kier alpha value is -2.86. The fourth-order valence-electron chi connectivity index (χ4n) is 3.13. The van der Waals surface area contributed by atoms with Crippen LogP contribution in [0.5, 0.6) is 0 Å². The highest BCUT2D eigenvalue weighted by Crippen LogP contribution is 2.38. The minimum absolute atomic E-state index is 0.0524. The molecular weight excluding hydrogens is 336 g/mol. The van der Waals surface area contributed by atoms with Crippen molar-refractivity contribution in [1.29, 1.82) is 0 Å². The molecule has 1 N–H and O–H groups in total. The van der Waals surface area contributed by atoms with E-state index in [4.69, 9.17) is 9.84 Å². The van der Waals surface area contributed by atoms with Gasteiger partial charge in [0.05, 0.1) is 12.4 Å². The first-order valence-corrected chi connectivity index (χ1v) is 8.78. The van der Waals surface area contributed by atoms with E-state index in [0.717, 1.165) is 12.0 Å². The van der Waals surface area contributed by atoms with Crippen molar-refractivity contribution >= 4 is 23.6 Å². The van der Waals surface area contributed by atoms with Gasteiger partial charge in [0.15, 0.2) is 0 Å². The Morgan fingerprint density at radius 3 is 2.84 bits per heavy atom. The number of aryl methyl sites for hydroxylation is 1. The molecule has 0 saturated carbocycles. The number of aromatic nitrogens is 2. The van der Waals surface area contributed by atoms with E-state index >= 15 is 0 Å². The molecule has 5 nitrogen and oxygen atoms in total. The number of nitrogens with zero attached hydrogens (tertiary/aromatic N) is 2. The van der Waals surface area contributed by atoms with E-state index in [-0.39, 0.29) is 6.04 Å². The zero-order chi connectivity index (χ0) is 17.2. The van der Waals surface area contributed by atoms with Gasteiger partial charge in [-0.1, -0.05) is 30.3 Å². The first kappa shape index (κ1) is 15.7. The Balaban J connectivity index is 1.74. The summed E-state index contributed by atoms with van der Waals surface area (Å²) in [5.41, 5.74) is 2.23. The molecule has 3 aromatic rings. The Kier molecular flexibility index (Phi) is 4.11. The lowest BCUT2D eigenvalue weighted by Crippen LogP contribution is -2.08. The molecule has 1 aliphatic rings. The predicted octanol–water partition coefficient (Wildman–Crippen LogP) is 4.56. The summed E-state index contributed by atoms with van der Waals surface area (Å²) in [6.45, 7) is 0. The van der Waals surface area contributed by atoms with Crippen LogP contribution in [-0.4, -0.2) is 20.8 Å². The van der Waals surface area contributed by atoms with Crippen LogP contribution in [0.4, 0.5) is 4.79 Å². The third-order valence-electron chi connectivity index (χ3n) is 4.20. The van der Waals surface area contributed by atoms with Crippen LogP contribution >= 0.6 is 11.3 Å². The maximum atomic E-state index is 10.8. The Morgan fingerprint density at radius 2 is 2.12 bits per heavy atom. The van der Waals surface area contributed by atoms with Crippen LogP contribution in [0.15, 0.2) is 60.9 Å². The lowest BCUT2D eigenvalue weighted by molar-refractivity contribution is 0.117. The van der Waals surface area contributed by atoms with Crippen molar-refractivity contribution in [1.82, 2.24) is 9.55 Å². The second kappa shape index (κ2) is 6.57. The van der Waals surface area contributed by atoms with Gasteiger partial charge in [-0.05, 0) is 29.7 Å². The molecule has 0 saturated heterocycles. The van der Waals surface area contributed by atoms with E-state index in [1.807, 2.05) is 36.8 Å². The largest absolute Gasteiger partial charge is 0.511 e. The highest BCUT2D eigenvalue weighted by molar-refractivity contribution is 7.12. The number of fused-ring (bicyclic) bond motifs is 1. The molecule has 1 aromatic carbocycles. The molecule has 126 valence electrons. The van der Waals surface area contributed by atoms with Crippen molar-refractivity contribution in [3.05, 3.63) is 81.8 Å². The summed E-state index contributed by atoms with van der Waals surface area (Å²) in [4.78, 5) is 17.4. The molecule has 1 atom stereocenters. The van der Waals surface area contributed by atoms with Crippen LogP contribution < -0.4 is 0 Å². The molecule has 25 heavy (non-hydrogen) atoms. The minimum atomic E-state index is -1.26. The lowest BCUT2D eigenvalue weighted by Gasteiger charge is -2.17. The molecule has 0 fully saturated rings. The summed E-state index contributed by atoms with van der Waals surface area (Å²) in [5, 5.41) is 8.81. The van der Waals surface area contributed by atoms with Crippen molar-refractivity contribution in [3.8, 4) is 0 Å². The average molecular weight is 352 g/mol. The number of thiophene rings is 1. The summed E-state index contributed by atoms with van der Waals surface area (Å²) in [6, 6.07) is 12.5. The number of hydrogen-bond donors (Lipinski definition) is 1. The summed E-state index contributed by atoms with van der Waals surface area (Å²) >= 11 is 1.76. The average Bonchev–Trinajstić information content (AvgIpc) is 3.25. The van der Waals surface area contributed by atoms with E-state index in [1.165, 1.54) is 15.3 Å². The summed E-state index contributed by atoms with van der Waals surface area (Å²) in [6.07, 6.45) is 7.55. The van der Waals surface area contributed by atoms with Gasteiger partial charge in [0.1, 0.15) is 5.76 Å². The maximum Gasteiger partial charge on any atom is 0.511 e. The minimum Gasteiger partial charge on any atom is -0.449 e. The monoisotopic (exact) mass is 352 g/mol. The van der Waals surface area contributed by atoms with Crippen molar-refractivity contribution < 1.29 is 14.6 Å². The van der Waals surface area contributed by atoms with E-state index < -0.39 is 6.16 Å². The van der Waals surface area contributed by atoms with Gasteiger partial charge in [0, 0.05) is 28.6 Å². The molecule has 0 aliphatic heterocycles. The third kappa shape index (κ3) is 3.21. The number of benzene rings is 1. The number of carboxylic acid groups (broad SMARTS) is 1. The van der Waals surface area contributed by atoms with Gasteiger partial charge >= 0.3 is 6.16 Å². The van der Waals surface area contributed by atoms with E-state index in [1.54, 1.807) is 17.5 Å². The van der Waals surface area contributed by atoms with Crippen molar-refractivity contribution in [3.63, 3.8) is 0 Å².